The van der Waals surface area contributed by atoms with E-state index in [2.05, 4.69) is 39.5 Å². The molecule has 2 aromatic heterocycles. The Kier molecular flexibility index (Phi) is 8.17. The third-order valence-corrected chi connectivity index (χ3v) is 8.96. The molecule has 0 aliphatic carbocycles. The normalized spacial score (nSPS) is 14.2. The number of H-pyrrole nitrogens is 1. The van der Waals surface area contributed by atoms with Crippen LogP contribution in [0, 0.1) is 0 Å². The maximum Gasteiger partial charge on any atom is 0.326 e. The molecule has 1 fully saturated rings. The van der Waals surface area contributed by atoms with Gasteiger partial charge in [-0.15, -0.1) is 0 Å². The predicted molar refractivity (Wildman–Crippen MR) is 184 cm³/mol. The molecule has 1 amide bonds. The van der Waals surface area contributed by atoms with Gasteiger partial charge in [0.1, 0.15) is 0 Å². The van der Waals surface area contributed by atoms with Gasteiger partial charge in [-0.2, -0.15) is 0 Å². The van der Waals surface area contributed by atoms with Crippen molar-refractivity contribution < 1.29 is 4.79 Å². The Balaban J connectivity index is 1.11. The van der Waals surface area contributed by atoms with Gasteiger partial charge in [0.25, 0.3) is 0 Å². The van der Waals surface area contributed by atoms with Crippen molar-refractivity contribution in [2.24, 2.45) is 0 Å². The van der Waals surface area contributed by atoms with Crippen LogP contribution < -0.4 is 15.9 Å². The van der Waals surface area contributed by atoms with Crippen LogP contribution in [0.2, 0.25) is 0 Å². The van der Waals surface area contributed by atoms with Crippen LogP contribution in [0.15, 0.2) is 102 Å². The standard InChI is InChI=1S/C37H37N7O2/c1-38-23-34(45)42(2)29-16-17-30-32(22-29)40-35(26-8-4-3-5-9-26)36(39-30)27-14-12-25(13-15-27)24-43-20-18-28(19-21-43)44-33-11-7-6-10-31(33)41-37(44)46/h3-17,22,28,38H,18-21,23-24H2,1-2H3,(H,41,46). The van der Waals surface area contributed by atoms with Gasteiger partial charge >= 0.3 is 5.69 Å². The van der Waals surface area contributed by atoms with E-state index in [-0.39, 0.29) is 24.2 Å². The minimum Gasteiger partial charge on any atom is -0.314 e. The number of fused-ring (bicyclic) bond motifs is 2. The molecule has 9 heteroatoms. The van der Waals surface area contributed by atoms with Gasteiger partial charge in [0, 0.05) is 49.5 Å². The molecule has 9 nitrogen and oxygen atoms in total. The first kappa shape index (κ1) is 29.6. The van der Waals surface area contributed by atoms with E-state index in [1.165, 1.54) is 5.56 Å². The number of amides is 1. The molecule has 4 aromatic carbocycles. The first-order valence-electron chi connectivity index (χ1n) is 15.8. The van der Waals surface area contributed by atoms with Crippen LogP contribution in [0.25, 0.3) is 44.6 Å². The van der Waals surface area contributed by atoms with E-state index in [0.29, 0.717) is 0 Å². The van der Waals surface area contributed by atoms with Gasteiger partial charge in [-0.25, -0.2) is 14.8 Å². The van der Waals surface area contributed by atoms with E-state index in [1.54, 1.807) is 19.0 Å². The van der Waals surface area contributed by atoms with Crippen molar-refractivity contribution in [2.75, 3.05) is 38.6 Å². The Labute approximate surface area is 267 Å². The Bertz CT molecular complexity index is 2060. The summed E-state index contributed by atoms with van der Waals surface area (Å²) in [5, 5.41) is 2.92. The lowest BCUT2D eigenvalue weighted by molar-refractivity contribution is -0.117. The summed E-state index contributed by atoms with van der Waals surface area (Å²) in [6, 6.07) is 32.6. The molecule has 2 N–H and O–H groups in total. The Morgan fingerprint density at radius 3 is 2.28 bits per heavy atom. The number of aromatic nitrogens is 4. The molecule has 3 heterocycles. The number of benzene rings is 4. The monoisotopic (exact) mass is 611 g/mol. The number of carbonyl (C=O) groups is 1. The van der Waals surface area contributed by atoms with Crippen LogP contribution in [0.1, 0.15) is 24.4 Å². The highest BCUT2D eigenvalue weighted by Gasteiger charge is 2.24. The van der Waals surface area contributed by atoms with Crippen LogP contribution in [-0.4, -0.2) is 64.1 Å². The molecule has 6 aromatic rings. The minimum absolute atomic E-state index is 0.0192. The fourth-order valence-corrected chi connectivity index (χ4v) is 6.46. The number of imidazole rings is 1. The third kappa shape index (κ3) is 5.82. The number of aromatic amines is 1. The molecular formula is C37H37N7O2. The van der Waals surface area contributed by atoms with Crippen molar-refractivity contribution in [2.45, 2.75) is 25.4 Å². The average Bonchev–Trinajstić information content (AvgIpc) is 3.44. The summed E-state index contributed by atoms with van der Waals surface area (Å²) in [6.07, 6.45) is 1.88. The number of hydrogen-bond acceptors (Lipinski definition) is 6. The van der Waals surface area contributed by atoms with Crippen molar-refractivity contribution in [1.82, 2.24) is 29.7 Å². The molecule has 46 heavy (non-hydrogen) atoms. The number of nitrogens with zero attached hydrogens (tertiary/aromatic N) is 5. The topological polar surface area (TPSA) is 99.1 Å². The van der Waals surface area contributed by atoms with Crippen LogP contribution in [-0.2, 0) is 11.3 Å². The van der Waals surface area contributed by atoms with Crippen LogP contribution >= 0.6 is 0 Å². The number of nitrogens with one attached hydrogen (secondary N) is 2. The molecule has 0 unspecified atom stereocenters. The number of rotatable bonds is 8. The molecule has 0 bridgehead atoms. The van der Waals surface area contributed by atoms with Gasteiger partial charge in [0.2, 0.25) is 5.91 Å². The maximum absolute atomic E-state index is 12.7. The van der Waals surface area contributed by atoms with E-state index in [0.717, 1.165) is 82.7 Å². The molecular weight excluding hydrogens is 574 g/mol. The predicted octanol–water partition coefficient (Wildman–Crippen LogP) is 5.63. The van der Waals surface area contributed by atoms with Crippen LogP contribution in [0.5, 0.6) is 0 Å². The fourth-order valence-electron chi connectivity index (χ4n) is 6.46. The smallest absolute Gasteiger partial charge is 0.314 e. The van der Waals surface area contributed by atoms with Gasteiger partial charge in [-0.1, -0.05) is 66.7 Å². The third-order valence-electron chi connectivity index (χ3n) is 8.96. The van der Waals surface area contributed by atoms with Crippen LogP contribution in [0.3, 0.4) is 0 Å². The van der Waals surface area contributed by atoms with Crippen LogP contribution in [0.4, 0.5) is 5.69 Å². The lowest BCUT2D eigenvalue weighted by atomic mass is 10.0. The van der Waals surface area contributed by atoms with Gasteiger partial charge in [-0.3, -0.25) is 14.3 Å². The summed E-state index contributed by atoms with van der Waals surface area (Å²) >= 11 is 0. The van der Waals surface area contributed by atoms with Crippen molar-refractivity contribution in [3.8, 4) is 22.5 Å². The number of anilines is 1. The summed E-state index contributed by atoms with van der Waals surface area (Å²) in [7, 11) is 3.53. The fraction of sp³-hybridized carbons (Fsp3) is 0.243. The first-order chi connectivity index (χ1) is 22.5. The lowest BCUT2D eigenvalue weighted by Crippen LogP contribution is -2.36. The SMILES string of the molecule is CNCC(=O)N(C)c1ccc2nc(-c3ccc(CN4CCC(n5c(=O)[nH]c6ccccc65)CC4)cc3)c(-c3ccccc3)nc2c1. The highest BCUT2D eigenvalue weighted by Crippen LogP contribution is 2.33. The zero-order valence-corrected chi connectivity index (χ0v) is 26.1. The first-order valence-corrected chi connectivity index (χ1v) is 15.8. The molecule has 1 aliphatic heterocycles. The van der Waals surface area contributed by atoms with Crippen molar-refractivity contribution in [1.29, 1.82) is 0 Å². The average molecular weight is 612 g/mol. The van der Waals surface area contributed by atoms with E-state index in [4.69, 9.17) is 9.97 Å². The Morgan fingerprint density at radius 2 is 1.54 bits per heavy atom. The largest absolute Gasteiger partial charge is 0.326 e. The number of para-hydroxylation sites is 2. The highest BCUT2D eigenvalue weighted by atomic mass is 16.2. The van der Waals surface area contributed by atoms with Crippen molar-refractivity contribution in [3.63, 3.8) is 0 Å². The summed E-state index contributed by atoms with van der Waals surface area (Å²) in [6.45, 7) is 2.98. The van der Waals surface area contributed by atoms with Crippen molar-refractivity contribution in [3.05, 3.63) is 113 Å². The van der Waals surface area contributed by atoms with Gasteiger partial charge in [0.05, 0.1) is 40.0 Å². The van der Waals surface area contributed by atoms with E-state index in [1.807, 2.05) is 77.4 Å². The molecule has 0 radical (unpaired) electrons. The number of hydrogen-bond donors (Lipinski definition) is 2. The summed E-state index contributed by atoms with van der Waals surface area (Å²) in [5.41, 5.74) is 8.99. The summed E-state index contributed by atoms with van der Waals surface area (Å²) < 4.78 is 1.94. The van der Waals surface area contributed by atoms with E-state index < -0.39 is 0 Å². The number of carbonyl (C=O) groups excluding carboxylic acids is 1. The van der Waals surface area contributed by atoms with E-state index in [9.17, 15) is 9.59 Å². The molecule has 1 aliphatic rings. The van der Waals surface area contributed by atoms with Gasteiger partial charge < -0.3 is 15.2 Å². The second-order valence-electron chi connectivity index (χ2n) is 12.0. The summed E-state index contributed by atoms with van der Waals surface area (Å²) in [5.74, 6) is -0.0241. The lowest BCUT2D eigenvalue weighted by Gasteiger charge is -2.32. The molecule has 232 valence electrons. The minimum atomic E-state index is -0.0241. The molecule has 0 atom stereocenters. The molecule has 0 saturated carbocycles. The second kappa shape index (κ2) is 12.7. The molecule has 7 rings (SSSR count). The molecule has 0 spiro atoms. The molecule has 1 saturated heterocycles. The zero-order chi connectivity index (χ0) is 31.6. The number of likely N-dealkylation sites (tertiary alicyclic amines) is 1. The van der Waals surface area contributed by atoms with E-state index >= 15 is 0 Å². The Hall–Kier alpha value is -5.12. The summed E-state index contributed by atoms with van der Waals surface area (Å²) in [4.78, 5) is 42.5. The maximum atomic E-state index is 12.7. The number of piperidine rings is 1. The van der Waals surface area contributed by atoms with Crippen molar-refractivity contribution >= 4 is 33.7 Å². The Morgan fingerprint density at radius 1 is 0.870 bits per heavy atom. The number of likely N-dealkylation sites (N-methyl/N-ethyl adjacent to an activating group) is 2. The quantitative estimate of drug-likeness (QED) is 0.232. The van der Waals surface area contributed by atoms with Gasteiger partial charge in [0.15, 0.2) is 0 Å². The van der Waals surface area contributed by atoms with Gasteiger partial charge in [-0.05, 0) is 55.8 Å². The highest BCUT2D eigenvalue weighted by molar-refractivity contribution is 5.96. The zero-order valence-electron chi connectivity index (χ0n) is 26.1. The second-order valence-corrected chi connectivity index (χ2v) is 12.0.